The summed E-state index contributed by atoms with van der Waals surface area (Å²) in [6, 6.07) is 0. The van der Waals surface area contributed by atoms with Crippen molar-refractivity contribution in [3.63, 3.8) is 0 Å². The van der Waals surface area contributed by atoms with E-state index >= 15 is 0 Å². The van der Waals surface area contributed by atoms with Crippen LogP contribution in [-0.2, 0) is 0 Å². The maximum absolute atomic E-state index is 5.43. The molecule has 0 aromatic carbocycles. The quantitative estimate of drug-likeness (QED) is 0.648. The normalized spacial score (nSPS) is 10.5. The average Bonchev–Trinajstić information content (AvgIpc) is 1.88. The van der Waals surface area contributed by atoms with Crippen molar-refractivity contribution in [1.82, 2.24) is 0 Å². The van der Waals surface area contributed by atoms with Gasteiger partial charge in [-0.3, -0.25) is 0 Å². The van der Waals surface area contributed by atoms with Gasteiger partial charge in [-0.05, 0) is 6.42 Å². The Kier molecular flexibility index (Phi) is 10.8. The summed E-state index contributed by atoms with van der Waals surface area (Å²) >= 11 is 0. The fourth-order valence-corrected chi connectivity index (χ4v) is 1.07. The molecular weight excluding hydrogens is 148 g/mol. The summed E-state index contributed by atoms with van der Waals surface area (Å²) in [6.07, 6.45) is 2.49. The van der Waals surface area contributed by atoms with Crippen LogP contribution in [0.4, 0.5) is 0 Å². The van der Waals surface area contributed by atoms with Crippen LogP contribution in [0.5, 0.6) is 0 Å². The topological polar surface area (TPSA) is 26.0 Å². The average molecular weight is 175 g/mol. The standard InChI is InChI=1S/C7H19N2.C3H8/c1-4-6-9(2,3)7-5-8;1-3-2/h4-8H2,1-3H3;3H2,1-2H3/q+1;. The van der Waals surface area contributed by atoms with Gasteiger partial charge < -0.3 is 10.2 Å². The highest BCUT2D eigenvalue weighted by Gasteiger charge is 2.10. The lowest BCUT2D eigenvalue weighted by Crippen LogP contribution is -2.43. The van der Waals surface area contributed by atoms with E-state index in [1.807, 2.05) is 0 Å². The molecule has 0 unspecified atom stereocenters. The predicted octanol–water partition coefficient (Wildman–Crippen LogP) is 1.85. The molecule has 0 saturated heterocycles. The van der Waals surface area contributed by atoms with E-state index in [-0.39, 0.29) is 0 Å². The highest BCUT2D eigenvalue weighted by atomic mass is 15.3. The van der Waals surface area contributed by atoms with Crippen LogP contribution < -0.4 is 5.73 Å². The first kappa shape index (κ1) is 14.4. The van der Waals surface area contributed by atoms with E-state index in [1.54, 1.807) is 0 Å². The third kappa shape index (κ3) is 12.6. The van der Waals surface area contributed by atoms with Crippen LogP contribution in [0.2, 0.25) is 0 Å². The molecule has 0 bridgehead atoms. The van der Waals surface area contributed by atoms with E-state index in [1.165, 1.54) is 19.4 Å². The van der Waals surface area contributed by atoms with E-state index in [0.29, 0.717) is 0 Å². The predicted molar refractivity (Wildman–Crippen MR) is 57.2 cm³/mol. The Morgan fingerprint density at radius 1 is 1.00 bits per heavy atom. The molecule has 76 valence electrons. The van der Waals surface area contributed by atoms with Crippen molar-refractivity contribution >= 4 is 0 Å². The summed E-state index contributed by atoms with van der Waals surface area (Å²) in [5.74, 6) is 0. The third-order valence-corrected chi connectivity index (χ3v) is 1.56. The molecule has 0 radical (unpaired) electrons. The second kappa shape index (κ2) is 9.01. The molecule has 0 heterocycles. The molecule has 0 aliphatic rings. The minimum absolute atomic E-state index is 0.799. The minimum Gasteiger partial charge on any atom is -0.327 e. The first-order valence-electron chi connectivity index (χ1n) is 5.06. The molecule has 0 fully saturated rings. The van der Waals surface area contributed by atoms with Crippen molar-refractivity contribution in [3.8, 4) is 0 Å². The molecule has 0 aromatic rings. The van der Waals surface area contributed by atoms with Gasteiger partial charge in [0.15, 0.2) is 0 Å². The Balaban J connectivity index is 0. The van der Waals surface area contributed by atoms with Gasteiger partial charge in [0.2, 0.25) is 0 Å². The van der Waals surface area contributed by atoms with E-state index in [2.05, 4.69) is 34.9 Å². The summed E-state index contributed by atoms with van der Waals surface area (Å²) < 4.78 is 1.06. The van der Waals surface area contributed by atoms with E-state index in [9.17, 15) is 0 Å². The van der Waals surface area contributed by atoms with E-state index in [0.717, 1.165) is 17.6 Å². The van der Waals surface area contributed by atoms with E-state index < -0.39 is 0 Å². The van der Waals surface area contributed by atoms with Gasteiger partial charge in [-0.25, -0.2) is 0 Å². The van der Waals surface area contributed by atoms with Crippen LogP contribution >= 0.6 is 0 Å². The van der Waals surface area contributed by atoms with Crippen molar-refractivity contribution in [2.75, 3.05) is 33.7 Å². The number of nitrogens with zero attached hydrogens (tertiary/aromatic N) is 1. The fraction of sp³-hybridized carbons (Fsp3) is 1.00. The van der Waals surface area contributed by atoms with Gasteiger partial charge in [0.05, 0.1) is 27.2 Å². The molecule has 0 saturated carbocycles. The molecule has 0 atom stereocenters. The van der Waals surface area contributed by atoms with Crippen LogP contribution in [0, 0.1) is 0 Å². The lowest BCUT2D eigenvalue weighted by molar-refractivity contribution is -0.888. The second-order valence-corrected chi connectivity index (χ2v) is 3.88. The molecular formula is C10H27N2+. The van der Waals surface area contributed by atoms with Crippen molar-refractivity contribution in [1.29, 1.82) is 0 Å². The van der Waals surface area contributed by atoms with Crippen LogP contribution in [-0.4, -0.2) is 38.2 Å². The summed E-state index contributed by atoms with van der Waals surface area (Å²) in [5.41, 5.74) is 5.43. The van der Waals surface area contributed by atoms with Crippen molar-refractivity contribution in [3.05, 3.63) is 0 Å². The molecule has 0 aliphatic heterocycles. The number of likely N-dealkylation sites (N-methyl/N-ethyl adjacent to an activating group) is 1. The Morgan fingerprint density at radius 3 is 1.67 bits per heavy atom. The van der Waals surface area contributed by atoms with Crippen molar-refractivity contribution in [2.24, 2.45) is 5.73 Å². The molecule has 0 rings (SSSR count). The number of hydrogen-bond acceptors (Lipinski definition) is 1. The van der Waals surface area contributed by atoms with Gasteiger partial charge in [-0.2, -0.15) is 0 Å². The van der Waals surface area contributed by atoms with Gasteiger partial charge in [0, 0.05) is 6.54 Å². The summed E-state index contributed by atoms with van der Waals surface area (Å²) in [5, 5.41) is 0. The van der Waals surface area contributed by atoms with Gasteiger partial charge in [0.1, 0.15) is 0 Å². The molecule has 0 amide bonds. The monoisotopic (exact) mass is 175 g/mol. The van der Waals surface area contributed by atoms with Crippen molar-refractivity contribution < 1.29 is 4.48 Å². The largest absolute Gasteiger partial charge is 0.327 e. The number of quaternary nitrogens is 1. The maximum Gasteiger partial charge on any atom is 0.0907 e. The van der Waals surface area contributed by atoms with Crippen LogP contribution in [0.15, 0.2) is 0 Å². The first-order valence-corrected chi connectivity index (χ1v) is 5.06. The number of rotatable bonds is 4. The van der Waals surface area contributed by atoms with Gasteiger partial charge in [-0.15, -0.1) is 0 Å². The zero-order valence-corrected chi connectivity index (χ0v) is 9.56. The molecule has 12 heavy (non-hydrogen) atoms. The smallest absolute Gasteiger partial charge is 0.0907 e. The Morgan fingerprint density at radius 2 is 1.42 bits per heavy atom. The molecule has 2 heteroatoms. The summed E-state index contributed by atoms with van der Waals surface area (Å²) in [4.78, 5) is 0. The fourth-order valence-electron chi connectivity index (χ4n) is 1.07. The van der Waals surface area contributed by atoms with Crippen LogP contribution in [0.1, 0.15) is 33.6 Å². The minimum atomic E-state index is 0.799. The highest BCUT2D eigenvalue weighted by Crippen LogP contribution is 1.95. The number of hydrogen-bond donors (Lipinski definition) is 1. The summed E-state index contributed by atoms with van der Waals surface area (Å²) in [7, 11) is 4.44. The molecule has 2 N–H and O–H groups in total. The van der Waals surface area contributed by atoms with E-state index in [4.69, 9.17) is 5.73 Å². The zero-order valence-electron chi connectivity index (χ0n) is 9.56. The molecule has 0 spiro atoms. The Hall–Kier alpha value is -0.0800. The lowest BCUT2D eigenvalue weighted by atomic mass is 10.4. The van der Waals surface area contributed by atoms with Crippen LogP contribution in [0.25, 0.3) is 0 Å². The first-order chi connectivity index (χ1) is 5.54. The van der Waals surface area contributed by atoms with Gasteiger partial charge >= 0.3 is 0 Å². The maximum atomic E-state index is 5.43. The third-order valence-electron chi connectivity index (χ3n) is 1.56. The second-order valence-electron chi connectivity index (χ2n) is 3.88. The SMILES string of the molecule is CCC.CCC[N+](C)(C)CCN. The van der Waals surface area contributed by atoms with Crippen molar-refractivity contribution in [2.45, 2.75) is 33.6 Å². The molecule has 0 aromatic heterocycles. The lowest BCUT2D eigenvalue weighted by Gasteiger charge is -2.28. The van der Waals surface area contributed by atoms with Gasteiger partial charge in [-0.1, -0.05) is 27.2 Å². The van der Waals surface area contributed by atoms with Gasteiger partial charge in [0.25, 0.3) is 0 Å². The Bertz CT molecular complexity index is 71.9. The molecule has 2 nitrogen and oxygen atoms in total. The summed E-state index contributed by atoms with van der Waals surface area (Å²) in [6.45, 7) is 9.58. The number of nitrogens with two attached hydrogens (primary N) is 1. The highest BCUT2D eigenvalue weighted by molar-refractivity contribution is 4.33. The Labute approximate surface area is 78.3 Å². The molecule has 0 aliphatic carbocycles. The zero-order chi connectivity index (χ0) is 10.0. The van der Waals surface area contributed by atoms with Crippen LogP contribution in [0.3, 0.4) is 0 Å².